The van der Waals surface area contributed by atoms with Crippen molar-refractivity contribution < 1.29 is 0 Å². The minimum Gasteiger partial charge on any atom is -0.370 e. The first-order valence-corrected chi connectivity index (χ1v) is 6.86. The van der Waals surface area contributed by atoms with E-state index in [0.717, 1.165) is 25.3 Å². The van der Waals surface area contributed by atoms with Crippen LogP contribution >= 0.6 is 0 Å². The van der Waals surface area contributed by atoms with E-state index >= 15 is 0 Å². The van der Waals surface area contributed by atoms with Gasteiger partial charge in [0, 0.05) is 12.7 Å². The second kappa shape index (κ2) is 4.88. The minimum absolute atomic E-state index is 0.169. The Morgan fingerprint density at radius 1 is 1.33 bits per heavy atom. The van der Waals surface area contributed by atoms with Crippen LogP contribution in [0.3, 0.4) is 0 Å². The Balaban J connectivity index is 1.91. The third-order valence-electron chi connectivity index (χ3n) is 3.91. The molecular formula is C15H25N3. The highest BCUT2D eigenvalue weighted by molar-refractivity contribution is 5.37. The summed E-state index contributed by atoms with van der Waals surface area (Å²) in [6, 6.07) is 4.25. The molecule has 1 heterocycles. The first-order valence-electron chi connectivity index (χ1n) is 6.86. The van der Waals surface area contributed by atoms with Crippen LogP contribution in [0, 0.1) is 5.41 Å². The highest BCUT2D eigenvalue weighted by atomic mass is 15.0. The van der Waals surface area contributed by atoms with E-state index in [9.17, 15) is 0 Å². The molecule has 1 aromatic heterocycles. The number of anilines is 1. The van der Waals surface area contributed by atoms with Gasteiger partial charge in [0.05, 0.1) is 0 Å². The van der Waals surface area contributed by atoms with Gasteiger partial charge in [0.1, 0.15) is 5.82 Å². The van der Waals surface area contributed by atoms with Crippen molar-refractivity contribution in [2.45, 2.75) is 45.4 Å². The third-order valence-corrected chi connectivity index (χ3v) is 3.91. The first kappa shape index (κ1) is 13.3. The van der Waals surface area contributed by atoms with Gasteiger partial charge in [0.25, 0.3) is 0 Å². The van der Waals surface area contributed by atoms with Crippen LogP contribution in [0.25, 0.3) is 0 Å². The van der Waals surface area contributed by atoms with Crippen LogP contribution in [0.4, 0.5) is 5.82 Å². The molecule has 3 N–H and O–H groups in total. The van der Waals surface area contributed by atoms with E-state index in [1.54, 1.807) is 0 Å². The predicted molar refractivity (Wildman–Crippen MR) is 76.8 cm³/mol. The molecule has 0 aromatic carbocycles. The zero-order chi connectivity index (χ0) is 13.2. The summed E-state index contributed by atoms with van der Waals surface area (Å²) in [5.74, 6) is 0.978. The number of hydrogen-bond acceptors (Lipinski definition) is 3. The molecule has 0 aliphatic heterocycles. The molecule has 1 aromatic rings. The van der Waals surface area contributed by atoms with Crippen LogP contribution in [0.5, 0.6) is 0 Å². The van der Waals surface area contributed by atoms with Crippen molar-refractivity contribution in [1.82, 2.24) is 4.98 Å². The third kappa shape index (κ3) is 3.22. The summed E-state index contributed by atoms with van der Waals surface area (Å²) >= 11 is 0. The van der Waals surface area contributed by atoms with Gasteiger partial charge in [-0.1, -0.05) is 26.8 Å². The summed E-state index contributed by atoms with van der Waals surface area (Å²) in [5.41, 5.74) is 7.55. The lowest BCUT2D eigenvalue weighted by molar-refractivity contribution is 0.500. The van der Waals surface area contributed by atoms with Crippen molar-refractivity contribution in [1.29, 1.82) is 0 Å². The fraction of sp³-hybridized carbons (Fsp3) is 0.667. The van der Waals surface area contributed by atoms with Crippen molar-refractivity contribution in [3.05, 3.63) is 23.9 Å². The quantitative estimate of drug-likeness (QED) is 0.841. The van der Waals surface area contributed by atoms with Gasteiger partial charge in [0.2, 0.25) is 0 Å². The Labute approximate surface area is 110 Å². The van der Waals surface area contributed by atoms with E-state index in [1.807, 2.05) is 6.20 Å². The first-order chi connectivity index (χ1) is 8.45. The second-order valence-corrected chi connectivity index (χ2v) is 6.57. The van der Waals surface area contributed by atoms with E-state index < -0.39 is 0 Å². The number of hydrogen-bond donors (Lipinski definition) is 2. The summed E-state index contributed by atoms with van der Waals surface area (Å²) in [6.07, 6.45) is 5.71. The Hall–Kier alpha value is -1.09. The average molecular weight is 247 g/mol. The maximum atomic E-state index is 5.65. The molecule has 1 saturated carbocycles. The Kier molecular flexibility index (Phi) is 3.62. The predicted octanol–water partition coefficient (Wildman–Crippen LogP) is 2.92. The minimum atomic E-state index is 0.169. The number of pyridine rings is 1. The molecule has 3 heteroatoms. The molecule has 18 heavy (non-hydrogen) atoms. The monoisotopic (exact) mass is 247 g/mol. The van der Waals surface area contributed by atoms with E-state index in [1.165, 1.54) is 18.4 Å². The Morgan fingerprint density at radius 3 is 2.50 bits per heavy atom. The standard InChI is InChI=1S/C15H25N3/c1-14(2,3)12-4-5-13(17-10-12)18-11-15(6-7-15)8-9-16/h4-5,10H,6-9,11,16H2,1-3H3,(H,17,18). The van der Waals surface area contributed by atoms with Crippen LogP contribution in [0.1, 0.15) is 45.6 Å². The molecule has 1 aliphatic carbocycles. The summed E-state index contributed by atoms with van der Waals surface area (Å²) < 4.78 is 0. The fourth-order valence-electron chi connectivity index (χ4n) is 2.22. The molecule has 1 fully saturated rings. The highest BCUT2D eigenvalue weighted by Crippen LogP contribution is 2.48. The SMILES string of the molecule is CC(C)(C)c1ccc(NCC2(CCN)CC2)nc1. The van der Waals surface area contributed by atoms with Gasteiger partial charge >= 0.3 is 0 Å². The molecule has 3 nitrogen and oxygen atoms in total. The molecule has 2 rings (SSSR count). The number of aromatic nitrogens is 1. The summed E-state index contributed by atoms with van der Waals surface area (Å²) in [4.78, 5) is 4.49. The van der Waals surface area contributed by atoms with Crippen molar-refractivity contribution in [2.24, 2.45) is 11.1 Å². The van der Waals surface area contributed by atoms with Crippen LogP contribution < -0.4 is 11.1 Å². The van der Waals surface area contributed by atoms with Gasteiger partial charge in [-0.25, -0.2) is 4.98 Å². The molecule has 100 valence electrons. The molecule has 0 bridgehead atoms. The van der Waals surface area contributed by atoms with Crippen molar-refractivity contribution in [3.63, 3.8) is 0 Å². The van der Waals surface area contributed by atoms with Gasteiger partial charge < -0.3 is 11.1 Å². The largest absolute Gasteiger partial charge is 0.370 e. The molecule has 0 amide bonds. The van der Waals surface area contributed by atoms with Gasteiger partial charge in [-0.2, -0.15) is 0 Å². The lowest BCUT2D eigenvalue weighted by Crippen LogP contribution is -2.19. The zero-order valence-corrected chi connectivity index (χ0v) is 11.8. The summed E-state index contributed by atoms with van der Waals surface area (Å²) in [7, 11) is 0. The zero-order valence-electron chi connectivity index (χ0n) is 11.8. The van der Waals surface area contributed by atoms with Crippen LogP contribution in [-0.2, 0) is 5.41 Å². The fourth-order valence-corrected chi connectivity index (χ4v) is 2.22. The molecule has 0 atom stereocenters. The van der Waals surface area contributed by atoms with E-state index in [0.29, 0.717) is 5.41 Å². The van der Waals surface area contributed by atoms with Crippen molar-refractivity contribution >= 4 is 5.82 Å². The lowest BCUT2D eigenvalue weighted by Gasteiger charge is -2.19. The summed E-state index contributed by atoms with van der Waals surface area (Å²) in [6.45, 7) is 8.41. The van der Waals surface area contributed by atoms with Gasteiger partial charge in [-0.15, -0.1) is 0 Å². The van der Waals surface area contributed by atoms with E-state index in [2.05, 4.69) is 43.2 Å². The van der Waals surface area contributed by atoms with E-state index in [-0.39, 0.29) is 5.41 Å². The molecule has 0 radical (unpaired) electrons. The van der Waals surface area contributed by atoms with Crippen LogP contribution in [-0.4, -0.2) is 18.1 Å². The topological polar surface area (TPSA) is 50.9 Å². The number of nitrogens with two attached hydrogens (primary N) is 1. The molecule has 1 aliphatic rings. The van der Waals surface area contributed by atoms with Gasteiger partial charge in [0.15, 0.2) is 0 Å². The highest BCUT2D eigenvalue weighted by Gasteiger charge is 2.41. The van der Waals surface area contributed by atoms with E-state index in [4.69, 9.17) is 5.73 Å². The second-order valence-electron chi connectivity index (χ2n) is 6.57. The summed E-state index contributed by atoms with van der Waals surface area (Å²) in [5, 5.41) is 3.44. The smallest absolute Gasteiger partial charge is 0.125 e. The van der Waals surface area contributed by atoms with Crippen LogP contribution in [0.2, 0.25) is 0 Å². The Morgan fingerprint density at radius 2 is 2.06 bits per heavy atom. The van der Waals surface area contributed by atoms with Gasteiger partial charge in [-0.3, -0.25) is 0 Å². The Bertz CT molecular complexity index is 385. The maximum absolute atomic E-state index is 5.65. The maximum Gasteiger partial charge on any atom is 0.125 e. The van der Waals surface area contributed by atoms with Gasteiger partial charge in [-0.05, 0) is 48.3 Å². The van der Waals surface area contributed by atoms with Crippen LogP contribution in [0.15, 0.2) is 18.3 Å². The van der Waals surface area contributed by atoms with Crippen molar-refractivity contribution in [3.8, 4) is 0 Å². The molecule has 0 spiro atoms. The molecule has 0 unspecified atom stereocenters. The lowest BCUT2D eigenvalue weighted by atomic mass is 9.88. The number of nitrogens with one attached hydrogen (secondary N) is 1. The number of nitrogens with zero attached hydrogens (tertiary/aromatic N) is 1. The average Bonchev–Trinajstić information content (AvgIpc) is 3.07. The normalized spacial score (nSPS) is 17.6. The molecule has 0 saturated heterocycles. The van der Waals surface area contributed by atoms with Crippen molar-refractivity contribution in [2.75, 3.05) is 18.4 Å². The number of rotatable bonds is 5. The molecular weight excluding hydrogens is 222 g/mol.